The van der Waals surface area contributed by atoms with E-state index < -0.39 is 0 Å². The summed E-state index contributed by atoms with van der Waals surface area (Å²) in [7, 11) is 0. The van der Waals surface area contributed by atoms with Crippen LogP contribution in [0.3, 0.4) is 0 Å². The van der Waals surface area contributed by atoms with Crippen LogP contribution in [0.5, 0.6) is 11.5 Å². The van der Waals surface area contributed by atoms with E-state index in [-0.39, 0.29) is 11.2 Å². The van der Waals surface area contributed by atoms with Crippen molar-refractivity contribution in [1.29, 1.82) is 0 Å². The number of ether oxygens (including phenoxy) is 1. The van der Waals surface area contributed by atoms with Crippen LogP contribution in [-0.2, 0) is 5.41 Å². The van der Waals surface area contributed by atoms with E-state index in [1.54, 1.807) is 18.2 Å². The lowest BCUT2D eigenvalue weighted by Gasteiger charge is -2.34. The molecule has 0 saturated carbocycles. The number of fused-ring (bicyclic) bond motifs is 1. The summed E-state index contributed by atoms with van der Waals surface area (Å²) in [6.07, 6.45) is 0.903. The standard InChI is InChI=1S/C11H15NO2/c1-11(7-12)4-5-14-10-3-2-8(13)6-9(10)11/h2-3,6,13H,4-5,7,12H2,1H3. The van der Waals surface area contributed by atoms with Crippen molar-refractivity contribution in [2.45, 2.75) is 18.8 Å². The van der Waals surface area contributed by atoms with Gasteiger partial charge in [0.15, 0.2) is 0 Å². The fourth-order valence-electron chi connectivity index (χ4n) is 1.85. The third-order valence-corrected chi connectivity index (χ3v) is 2.98. The first-order chi connectivity index (χ1) is 6.65. The zero-order valence-corrected chi connectivity index (χ0v) is 8.29. The van der Waals surface area contributed by atoms with Crippen LogP contribution in [0.1, 0.15) is 18.9 Å². The molecule has 14 heavy (non-hydrogen) atoms. The van der Waals surface area contributed by atoms with Crippen molar-refractivity contribution in [2.24, 2.45) is 5.73 Å². The Labute approximate surface area is 83.5 Å². The third-order valence-electron chi connectivity index (χ3n) is 2.98. The molecule has 3 heteroatoms. The number of rotatable bonds is 1. The molecule has 0 aliphatic carbocycles. The Morgan fingerprint density at radius 1 is 1.57 bits per heavy atom. The lowest BCUT2D eigenvalue weighted by atomic mass is 9.78. The summed E-state index contributed by atoms with van der Waals surface area (Å²) in [6.45, 7) is 3.38. The summed E-state index contributed by atoms with van der Waals surface area (Å²) < 4.78 is 5.51. The van der Waals surface area contributed by atoms with Gasteiger partial charge >= 0.3 is 0 Å². The molecular weight excluding hydrogens is 178 g/mol. The summed E-state index contributed by atoms with van der Waals surface area (Å²) >= 11 is 0. The molecule has 0 aromatic heterocycles. The quantitative estimate of drug-likeness (QED) is 0.708. The number of phenolic OH excluding ortho intramolecular Hbond substituents is 1. The van der Waals surface area contributed by atoms with E-state index in [1.165, 1.54) is 0 Å². The van der Waals surface area contributed by atoms with Crippen molar-refractivity contribution < 1.29 is 9.84 Å². The Bertz CT molecular complexity index is 351. The van der Waals surface area contributed by atoms with E-state index in [0.717, 1.165) is 17.7 Å². The van der Waals surface area contributed by atoms with Crippen molar-refractivity contribution in [3.63, 3.8) is 0 Å². The largest absolute Gasteiger partial charge is 0.508 e. The minimum absolute atomic E-state index is 0.0632. The second-order valence-electron chi connectivity index (χ2n) is 4.04. The van der Waals surface area contributed by atoms with Crippen LogP contribution >= 0.6 is 0 Å². The smallest absolute Gasteiger partial charge is 0.123 e. The second kappa shape index (κ2) is 3.17. The summed E-state index contributed by atoms with van der Waals surface area (Å²) in [5.41, 5.74) is 6.72. The summed E-state index contributed by atoms with van der Waals surface area (Å²) in [5.74, 6) is 1.12. The molecular formula is C11H15NO2. The molecule has 1 atom stereocenters. The van der Waals surface area contributed by atoms with E-state index in [0.29, 0.717) is 13.2 Å². The van der Waals surface area contributed by atoms with Gasteiger partial charge in [-0.3, -0.25) is 0 Å². The normalized spacial score (nSPS) is 25.3. The number of phenols is 1. The Morgan fingerprint density at radius 2 is 2.36 bits per heavy atom. The maximum absolute atomic E-state index is 9.42. The van der Waals surface area contributed by atoms with E-state index in [9.17, 15) is 5.11 Å². The molecule has 1 unspecified atom stereocenters. The number of nitrogens with two attached hydrogens (primary N) is 1. The highest BCUT2D eigenvalue weighted by Gasteiger charge is 2.32. The fraction of sp³-hybridized carbons (Fsp3) is 0.455. The molecule has 0 amide bonds. The van der Waals surface area contributed by atoms with E-state index in [4.69, 9.17) is 10.5 Å². The second-order valence-corrected chi connectivity index (χ2v) is 4.04. The predicted molar refractivity (Wildman–Crippen MR) is 54.6 cm³/mol. The zero-order chi connectivity index (χ0) is 10.2. The number of hydrogen-bond acceptors (Lipinski definition) is 3. The summed E-state index contributed by atoms with van der Waals surface area (Å²) in [4.78, 5) is 0. The van der Waals surface area contributed by atoms with Crippen LogP contribution in [0.4, 0.5) is 0 Å². The van der Waals surface area contributed by atoms with Crippen molar-refractivity contribution in [2.75, 3.05) is 13.2 Å². The van der Waals surface area contributed by atoms with E-state index >= 15 is 0 Å². The van der Waals surface area contributed by atoms with Crippen molar-refractivity contribution in [3.8, 4) is 11.5 Å². The van der Waals surface area contributed by atoms with Crippen LogP contribution in [0.2, 0.25) is 0 Å². The van der Waals surface area contributed by atoms with Gasteiger partial charge in [-0.1, -0.05) is 6.92 Å². The average molecular weight is 193 g/mol. The molecule has 0 spiro atoms. The highest BCUT2D eigenvalue weighted by molar-refractivity contribution is 5.45. The fourth-order valence-corrected chi connectivity index (χ4v) is 1.85. The molecule has 1 aromatic carbocycles. The van der Waals surface area contributed by atoms with Crippen LogP contribution in [0.25, 0.3) is 0 Å². The van der Waals surface area contributed by atoms with Gasteiger partial charge in [-0.2, -0.15) is 0 Å². The lowest BCUT2D eigenvalue weighted by Crippen LogP contribution is -2.36. The first-order valence-electron chi connectivity index (χ1n) is 4.82. The summed E-state index contributed by atoms with van der Waals surface area (Å²) in [5, 5.41) is 9.42. The average Bonchev–Trinajstić information content (AvgIpc) is 2.20. The molecule has 0 saturated heterocycles. The van der Waals surface area contributed by atoms with Crippen LogP contribution in [0, 0.1) is 0 Å². The van der Waals surface area contributed by atoms with Crippen LogP contribution < -0.4 is 10.5 Å². The first kappa shape index (κ1) is 9.34. The topological polar surface area (TPSA) is 55.5 Å². The Balaban J connectivity index is 2.52. The molecule has 2 rings (SSSR count). The van der Waals surface area contributed by atoms with Gasteiger partial charge < -0.3 is 15.6 Å². The highest BCUT2D eigenvalue weighted by atomic mass is 16.5. The molecule has 0 bridgehead atoms. The van der Waals surface area contributed by atoms with Crippen molar-refractivity contribution in [1.82, 2.24) is 0 Å². The van der Waals surface area contributed by atoms with Gasteiger partial charge in [-0.15, -0.1) is 0 Å². The molecule has 76 valence electrons. The molecule has 1 aromatic rings. The minimum Gasteiger partial charge on any atom is -0.508 e. The molecule has 1 aliphatic rings. The Kier molecular flexibility index (Phi) is 2.11. The zero-order valence-electron chi connectivity index (χ0n) is 8.29. The van der Waals surface area contributed by atoms with Gasteiger partial charge in [0.05, 0.1) is 6.61 Å². The van der Waals surface area contributed by atoms with Gasteiger partial charge in [0.1, 0.15) is 11.5 Å². The molecule has 1 aliphatic heterocycles. The third kappa shape index (κ3) is 1.34. The molecule has 1 heterocycles. The molecule has 0 radical (unpaired) electrons. The summed E-state index contributed by atoms with van der Waals surface area (Å²) in [6, 6.07) is 5.19. The van der Waals surface area contributed by atoms with Crippen molar-refractivity contribution in [3.05, 3.63) is 23.8 Å². The maximum atomic E-state index is 9.42. The first-order valence-corrected chi connectivity index (χ1v) is 4.82. The van der Waals surface area contributed by atoms with Gasteiger partial charge in [-0.25, -0.2) is 0 Å². The monoisotopic (exact) mass is 193 g/mol. The number of benzene rings is 1. The Hall–Kier alpha value is -1.22. The van der Waals surface area contributed by atoms with E-state index in [1.807, 2.05) is 0 Å². The SMILES string of the molecule is CC1(CN)CCOc2ccc(O)cc21. The highest BCUT2D eigenvalue weighted by Crippen LogP contribution is 2.39. The van der Waals surface area contributed by atoms with Gasteiger partial charge in [0.25, 0.3) is 0 Å². The van der Waals surface area contributed by atoms with Crippen LogP contribution in [-0.4, -0.2) is 18.3 Å². The molecule has 0 fully saturated rings. The number of aromatic hydroxyl groups is 1. The van der Waals surface area contributed by atoms with Crippen LogP contribution in [0.15, 0.2) is 18.2 Å². The number of hydrogen-bond donors (Lipinski definition) is 2. The maximum Gasteiger partial charge on any atom is 0.123 e. The Morgan fingerprint density at radius 3 is 3.07 bits per heavy atom. The predicted octanol–water partition coefficient (Wildman–Crippen LogP) is 1.39. The lowest BCUT2D eigenvalue weighted by molar-refractivity contribution is 0.226. The van der Waals surface area contributed by atoms with Crippen molar-refractivity contribution >= 4 is 0 Å². The molecule has 3 nitrogen and oxygen atoms in total. The van der Waals surface area contributed by atoms with E-state index in [2.05, 4.69) is 6.92 Å². The minimum atomic E-state index is -0.0632. The van der Waals surface area contributed by atoms with Gasteiger partial charge in [0.2, 0.25) is 0 Å². The van der Waals surface area contributed by atoms with Gasteiger partial charge in [-0.05, 0) is 24.6 Å². The molecule has 3 N–H and O–H groups in total. The van der Waals surface area contributed by atoms with Gasteiger partial charge in [0, 0.05) is 17.5 Å².